The van der Waals surface area contributed by atoms with Gasteiger partial charge in [0, 0.05) is 32.7 Å². The number of nitrogens with zero attached hydrogens (tertiary/aromatic N) is 2. The van der Waals surface area contributed by atoms with Crippen LogP contribution in [0.15, 0.2) is 29.2 Å². The van der Waals surface area contributed by atoms with Crippen LogP contribution in [0.25, 0.3) is 0 Å². The van der Waals surface area contributed by atoms with E-state index >= 15 is 0 Å². The molecule has 0 saturated carbocycles. The van der Waals surface area contributed by atoms with Gasteiger partial charge in [0.05, 0.1) is 5.02 Å². The Morgan fingerprint density at radius 2 is 1.67 bits per heavy atom. The minimum absolute atomic E-state index is 0.205. The van der Waals surface area contributed by atoms with Crippen LogP contribution in [0.4, 0.5) is 0 Å². The van der Waals surface area contributed by atoms with Crippen molar-refractivity contribution in [1.29, 1.82) is 0 Å². The highest BCUT2D eigenvalue weighted by Crippen LogP contribution is 2.25. The lowest BCUT2D eigenvalue weighted by molar-refractivity contribution is 0.141. The lowest BCUT2D eigenvalue weighted by Crippen LogP contribution is -2.50. The molecular weight excluding hydrogens is 308 g/mol. The van der Waals surface area contributed by atoms with Crippen LogP contribution < -0.4 is 0 Å². The van der Waals surface area contributed by atoms with Gasteiger partial charge in [0.15, 0.2) is 0 Å². The number of hydrogen-bond donors (Lipinski definition) is 0. The molecule has 1 aromatic rings. The summed E-state index contributed by atoms with van der Waals surface area (Å²) in [4.78, 5) is 2.52. The molecule has 0 amide bonds. The van der Waals surface area contributed by atoms with Gasteiger partial charge in [0.2, 0.25) is 10.0 Å². The monoisotopic (exact) mass is 330 g/mol. The molecule has 1 aliphatic heterocycles. The molecule has 21 heavy (non-hydrogen) atoms. The molecule has 1 saturated heterocycles. The van der Waals surface area contributed by atoms with Gasteiger partial charge in [0.25, 0.3) is 0 Å². The van der Waals surface area contributed by atoms with Gasteiger partial charge in [-0.15, -0.1) is 0 Å². The molecule has 0 N–H and O–H groups in total. The van der Waals surface area contributed by atoms with Crippen LogP contribution in [0, 0.1) is 5.41 Å². The molecule has 1 aromatic carbocycles. The van der Waals surface area contributed by atoms with E-state index in [1.54, 1.807) is 24.3 Å². The van der Waals surface area contributed by atoms with Gasteiger partial charge in [-0.1, -0.05) is 44.5 Å². The molecule has 0 unspecified atom stereocenters. The van der Waals surface area contributed by atoms with E-state index in [2.05, 4.69) is 25.7 Å². The van der Waals surface area contributed by atoms with Crippen LogP contribution in [0.5, 0.6) is 0 Å². The quantitative estimate of drug-likeness (QED) is 0.855. The highest BCUT2D eigenvalue weighted by atomic mass is 35.5. The van der Waals surface area contributed by atoms with Crippen molar-refractivity contribution in [2.24, 2.45) is 5.41 Å². The van der Waals surface area contributed by atoms with Gasteiger partial charge in [-0.25, -0.2) is 8.42 Å². The van der Waals surface area contributed by atoms with Crippen LogP contribution in [0.2, 0.25) is 5.02 Å². The Bertz CT molecular complexity index is 588. The van der Waals surface area contributed by atoms with Crippen molar-refractivity contribution in [1.82, 2.24) is 9.21 Å². The van der Waals surface area contributed by atoms with E-state index in [9.17, 15) is 8.42 Å². The largest absolute Gasteiger partial charge is 0.300 e. The number of hydrogen-bond acceptors (Lipinski definition) is 3. The number of piperazine rings is 1. The van der Waals surface area contributed by atoms with Crippen LogP contribution in [0.1, 0.15) is 20.8 Å². The Balaban J connectivity index is 2.07. The molecule has 0 bridgehead atoms. The first-order chi connectivity index (χ1) is 9.70. The molecule has 6 heteroatoms. The summed E-state index contributed by atoms with van der Waals surface area (Å²) in [5.74, 6) is 0. The highest BCUT2D eigenvalue weighted by Gasteiger charge is 2.30. The fourth-order valence-electron chi connectivity index (χ4n) is 2.59. The maximum Gasteiger partial charge on any atom is 0.244 e. The second-order valence-electron chi connectivity index (χ2n) is 6.67. The molecule has 0 atom stereocenters. The van der Waals surface area contributed by atoms with Crippen molar-refractivity contribution in [2.75, 3.05) is 32.7 Å². The van der Waals surface area contributed by atoms with Gasteiger partial charge in [-0.05, 0) is 17.5 Å². The van der Waals surface area contributed by atoms with Gasteiger partial charge in [0.1, 0.15) is 4.90 Å². The summed E-state index contributed by atoms with van der Waals surface area (Å²) in [6.45, 7) is 10.1. The maximum absolute atomic E-state index is 12.6. The average Bonchev–Trinajstić information content (AvgIpc) is 2.37. The van der Waals surface area contributed by atoms with Crippen LogP contribution in [-0.2, 0) is 10.0 Å². The minimum atomic E-state index is -3.49. The maximum atomic E-state index is 12.6. The number of benzene rings is 1. The van der Waals surface area contributed by atoms with Gasteiger partial charge < -0.3 is 4.90 Å². The van der Waals surface area contributed by atoms with Crippen molar-refractivity contribution in [3.8, 4) is 0 Å². The second kappa shape index (κ2) is 6.24. The van der Waals surface area contributed by atoms with Crippen molar-refractivity contribution in [3.05, 3.63) is 29.3 Å². The first kappa shape index (κ1) is 16.7. The van der Waals surface area contributed by atoms with Crippen LogP contribution >= 0.6 is 11.6 Å². The van der Waals surface area contributed by atoms with Gasteiger partial charge in [-0.3, -0.25) is 0 Å². The predicted octanol–water partition coefficient (Wildman–Crippen LogP) is 2.69. The second-order valence-corrected chi connectivity index (χ2v) is 8.98. The molecule has 2 rings (SSSR count). The summed E-state index contributed by atoms with van der Waals surface area (Å²) >= 11 is 6.03. The van der Waals surface area contributed by atoms with Gasteiger partial charge >= 0.3 is 0 Å². The molecule has 4 nitrogen and oxygen atoms in total. The third-order valence-corrected chi connectivity index (χ3v) is 5.88. The lowest BCUT2D eigenvalue weighted by Gasteiger charge is -2.37. The first-order valence-corrected chi connectivity index (χ1v) is 8.99. The van der Waals surface area contributed by atoms with E-state index in [0.717, 1.165) is 19.6 Å². The van der Waals surface area contributed by atoms with E-state index in [1.807, 2.05) is 0 Å². The topological polar surface area (TPSA) is 40.6 Å². The summed E-state index contributed by atoms with van der Waals surface area (Å²) < 4.78 is 26.8. The van der Waals surface area contributed by atoms with E-state index in [0.29, 0.717) is 13.1 Å². The van der Waals surface area contributed by atoms with Gasteiger partial charge in [-0.2, -0.15) is 4.31 Å². The van der Waals surface area contributed by atoms with Crippen molar-refractivity contribution >= 4 is 21.6 Å². The number of halogens is 1. The summed E-state index contributed by atoms with van der Waals surface area (Å²) in [6, 6.07) is 6.63. The van der Waals surface area contributed by atoms with Crippen LogP contribution in [0.3, 0.4) is 0 Å². The normalized spacial score (nSPS) is 18.9. The van der Waals surface area contributed by atoms with E-state index in [-0.39, 0.29) is 15.3 Å². The average molecular weight is 331 g/mol. The zero-order chi connectivity index (χ0) is 15.7. The van der Waals surface area contributed by atoms with E-state index in [1.165, 1.54) is 4.31 Å². The van der Waals surface area contributed by atoms with Crippen molar-refractivity contribution in [2.45, 2.75) is 25.7 Å². The Labute approximate surface area is 132 Å². The zero-order valence-electron chi connectivity index (χ0n) is 12.8. The molecular formula is C15H23ClN2O2S. The smallest absolute Gasteiger partial charge is 0.244 e. The zero-order valence-corrected chi connectivity index (χ0v) is 14.4. The molecule has 0 radical (unpaired) electrons. The third-order valence-electron chi connectivity index (χ3n) is 3.48. The Morgan fingerprint density at radius 1 is 1.10 bits per heavy atom. The predicted molar refractivity (Wildman–Crippen MR) is 86.1 cm³/mol. The molecule has 1 aliphatic rings. The lowest BCUT2D eigenvalue weighted by atomic mass is 9.96. The molecule has 0 spiro atoms. The summed E-state index contributed by atoms with van der Waals surface area (Å²) in [7, 11) is -3.49. The molecule has 118 valence electrons. The third kappa shape index (κ3) is 4.19. The molecule has 0 aliphatic carbocycles. The van der Waals surface area contributed by atoms with Crippen LogP contribution in [-0.4, -0.2) is 50.3 Å². The fraction of sp³-hybridized carbons (Fsp3) is 0.600. The summed E-state index contributed by atoms with van der Waals surface area (Å²) in [6.07, 6.45) is 0. The summed E-state index contributed by atoms with van der Waals surface area (Å²) in [5.41, 5.74) is 0.226. The number of rotatable bonds is 3. The molecule has 0 aromatic heterocycles. The SMILES string of the molecule is CC(C)(C)CN1CCN(S(=O)(=O)c2ccccc2Cl)CC1. The number of sulfonamides is 1. The summed E-state index contributed by atoms with van der Waals surface area (Å²) in [5, 5.41) is 0.287. The molecule has 1 fully saturated rings. The van der Waals surface area contributed by atoms with E-state index < -0.39 is 10.0 Å². The van der Waals surface area contributed by atoms with E-state index in [4.69, 9.17) is 11.6 Å². The van der Waals surface area contributed by atoms with Crippen molar-refractivity contribution < 1.29 is 8.42 Å². The standard InChI is InChI=1S/C15H23ClN2O2S/c1-15(2,3)12-17-8-10-18(11-9-17)21(19,20)14-7-5-4-6-13(14)16/h4-7H,8-12H2,1-3H3. The van der Waals surface area contributed by atoms with Crippen molar-refractivity contribution in [3.63, 3.8) is 0 Å². The fourth-order valence-corrected chi connectivity index (χ4v) is 4.51. The Morgan fingerprint density at radius 3 is 2.19 bits per heavy atom. The Kier molecular flexibility index (Phi) is 4.98. The highest BCUT2D eigenvalue weighted by molar-refractivity contribution is 7.89. The molecule has 1 heterocycles. The minimum Gasteiger partial charge on any atom is -0.300 e. The Hall–Kier alpha value is -0.620. The first-order valence-electron chi connectivity index (χ1n) is 7.17.